The minimum atomic E-state index is 0.173. The van der Waals surface area contributed by atoms with Crippen LogP contribution in [0.25, 0.3) is 0 Å². The first-order valence-electron chi connectivity index (χ1n) is 6.68. The Kier molecular flexibility index (Phi) is 5.70. The maximum absolute atomic E-state index is 8.78. The van der Waals surface area contributed by atoms with Crippen molar-refractivity contribution in [1.82, 2.24) is 20.3 Å². The van der Waals surface area contributed by atoms with Crippen molar-refractivity contribution in [2.75, 3.05) is 6.61 Å². The fourth-order valence-corrected chi connectivity index (χ4v) is 2.58. The molecule has 0 aliphatic rings. The van der Waals surface area contributed by atoms with Crippen molar-refractivity contribution in [3.8, 4) is 0 Å². The normalized spacial score (nSPS) is 12.6. The lowest BCUT2D eigenvalue weighted by molar-refractivity contribution is 0.276. The van der Waals surface area contributed by atoms with Crippen LogP contribution in [-0.4, -0.2) is 26.7 Å². The third-order valence-electron chi connectivity index (χ3n) is 3.09. The number of benzene rings is 1. The summed E-state index contributed by atoms with van der Waals surface area (Å²) in [5.74, 6) is 0. The summed E-state index contributed by atoms with van der Waals surface area (Å²) in [5.41, 5.74) is 2.13. The molecule has 0 spiro atoms. The molecule has 2 rings (SSSR count). The zero-order valence-electron chi connectivity index (χ0n) is 11.5. The summed E-state index contributed by atoms with van der Waals surface area (Å²) in [6.07, 6.45) is 2.61. The molecule has 2 aromatic rings. The number of aliphatic hydroxyl groups excluding tert-OH is 1. The molecular formula is C14H19BrN4O. The molecule has 108 valence electrons. The second-order valence-corrected chi connectivity index (χ2v) is 5.53. The number of hydrogen-bond acceptors (Lipinski definition) is 4. The lowest BCUT2D eigenvalue weighted by Crippen LogP contribution is -2.18. The molecule has 0 aliphatic heterocycles. The van der Waals surface area contributed by atoms with Crippen molar-refractivity contribution in [3.05, 3.63) is 46.2 Å². The van der Waals surface area contributed by atoms with E-state index in [0.717, 1.165) is 10.2 Å². The van der Waals surface area contributed by atoms with Gasteiger partial charge in [-0.2, -0.15) is 0 Å². The van der Waals surface area contributed by atoms with Gasteiger partial charge in [-0.15, -0.1) is 5.10 Å². The lowest BCUT2D eigenvalue weighted by Gasteiger charge is -2.14. The van der Waals surface area contributed by atoms with Crippen molar-refractivity contribution in [2.24, 2.45) is 0 Å². The first kappa shape index (κ1) is 15.2. The van der Waals surface area contributed by atoms with E-state index >= 15 is 0 Å². The largest absolute Gasteiger partial charge is 0.396 e. The minimum absolute atomic E-state index is 0.173. The Balaban J connectivity index is 1.88. The van der Waals surface area contributed by atoms with E-state index in [9.17, 15) is 0 Å². The number of hydrogen-bond donors (Lipinski definition) is 2. The van der Waals surface area contributed by atoms with Crippen LogP contribution in [0.1, 0.15) is 30.6 Å². The Labute approximate surface area is 127 Å². The molecule has 0 radical (unpaired) electrons. The van der Waals surface area contributed by atoms with Crippen LogP contribution in [0, 0.1) is 0 Å². The van der Waals surface area contributed by atoms with Gasteiger partial charge in [0, 0.05) is 36.4 Å². The van der Waals surface area contributed by atoms with E-state index in [-0.39, 0.29) is 12.6 Å². The van der Waals surface area contributed by atoms with Crippen LogP contribution in [0.3, 0.4) is 0 Å². The predicted molar refractivity (Wildman–Crippen MR) is 81.1 cm³/mol. The summed E-state index contributed by atoms with van der Waals surface area (Å²) in [6.45, 7) is 3.66. The highest BCUT2D eigenvalue weighted by Gasteiger charge is 2.09. The Morgan fingerprint density at radius 1 is 1.40 bits per heavy atom. The van der Waals surface area contributed by atoms with Gasteiger partial charge >= 0.3 is 0 Å². The predicted octanol–water partition coefficient (Wildman–Crippen LogP) is 2.27. The molecule has 20 heavy (non-hydrogen) atoms. The molecule has 1 aromatic heterocycles. The monoisotopic (exact) mass is 338 g/mol. The van der Waals surface area contributed by atoms with Gasteiger partial charge in [0.15, 0.2) is 0 Å². The van der Waals surface area contributed by atoms with Gasteiger partial charge in [0.2, 0.25) is 0 Å². The zero-order chi connectivity index (χ0) is 14.4. The van der Waals surface area contributed by atoms with Gasteiger partial charge in [0.05, 0.1) is 5.69 Å². The van der Waals surface area contributed by atoms with E-state index in [1.54, 1.807) is 4.68 Å². The molecular weight excluding hydrogens is 320 g/mol. The standard InChI is InChI=1S/C14H19BrN4O/c1-11(13-5-2-3-6-14(13)15)16-9-12-10-19(18-17-12)7-4-8-20/h2-3,5-6,10-11,16,20H,4,7-9H2,1H3/t11-/m0/s1. The highest BCUT2D eigenvalue weighted by molar-refractivity contribution is 9.10. The zero-order valence-corrected chi connectivity index (χ0v) is 13.0. The van der Waals surface area contributed by atoms with E-state index in [0.29, 0.717) is 19.5 Å². The molecule has 6 heteroatoms. The topological polar surface area (TPSA) is 63.0 Å². The van der Waals surface area contributed by atoms with Gasteiger partial charge in [-0.25, -0.2) is 0 Å². The Bertz CT molecular complexity index is 543. The van der Waals surface area contributed by atoms with Gasteiger partial charge in [-0.3, -0.25) is 4.68 Å². The Morgan fingerprint density at radius 3 is 2.95 bits per heavy atom. The van der Waals surface area contributed by atoms with Crippen LogP contribution in [-0.2, 0) is 13.1 Å². The number of nitrogens with zero attached hydrogens (tertiary/aromatic N) is 3. The van der Waals surface area contributed by atoms with Gasteiger partial charge < -0.3 is 10.4 Å². The average molecular weight is 339 g/mol. The van der Waals surface area contributed by atoms with Gasteiger partial charge in [0.25, 0.3) is 0 Å². The molecule has 2 N–H and O–H groups in total. The maximum Gasteiger partial charge on any atom is 0.0965 e. The summed E-state index contributed by atoms with van der Waals surface area (Å²) >= 11 is 3.56. The van der Waals surface area contributed by atoms with Crippen LogP contribution < -0.4 is 5.32 Å². The summed E-state index contributed by atoms with van der Waals surface area (Å²) in [7, 11) is 0. The van der Waals surface area contributed by atoms with Crippen LogP contribution in [0.4, 0.5) is 0 Å². The summed E-state index contributed by atoms with van der Waals surface area (Å²) < 4.78 is 2.86. The Morgan fingerprint density at radius 2 is 2.20 bits per heavy atom. The van der Waals surface area contributed by atoms with Crippen LogP contribution in [0.5, 0.6) is 0 Å². The minimum Gasteiger partial charge on any atom is -0.396 e. The molecule has 0 unspecified atom stereocenters. The number of aliphatic hydroxyl groups is 1. The molecule has 0 bridgehead atoms. The first-order chi connectivity index (χ1) is 9.70. The third-order valence-corrected chi connectivity index (χ3v) is 3.81. The molecule has 0 saturated heterocycles. The Hall–Kier alpha value is -1.24. The second kappa shape index (κ2) is 7.52. The SMILES string of the molecule is C[C@H](NCc1cn(CCCO)nn1)c1ccccc1Br. The summed E-state index contributed by atoms with van der Waals surface area (Å²) in [4.78, 5) is 0. The van der Waals surface area contributed by atoms with E-state index in [1.165, 1.54) is 5.56 Å². The van der Waals surface area contributed by atoms with Gasteiger partial charge in [-0.05, 0) is 25.0 Å². The highest BCUT2D eigenvalue weighted by atomic mass is 79.9. The number of halogens is 1. The number of nitrogens with one attached hydrogen (secondary N) is 1. The summed E-state index contributed by atoms with van der Waals surface area (Å²) in [5, 5.41) is 20.4. The maximum atomic E-state index is 8.78. The molecule has 1 aromatic carbocycles. The van der Waals surface area contributed by atoms with E-state index in [1.807, 2.05) is 24.4 Å². The molecule has 0 aliphatic carbocycles. The van der Waals surface area contributed by atoms with Crippen molar-refractivity contribution in [3.63, 3.8) is 0 Å². The quantitative estimate of drug-likeness (QED) is 0.812. The van der Waals surface area contributed by atoms with Crippen LogP contribution in [0.2, 0.25) is 0 Å². The number of aromatic nitrogens is 3. The van der Waals surface area contributed by atoms with Crippen LogP contribution in [0.15, 0.2) is 34.9 Å². The smallest absolute Gasteiger partial charge is 0.0965 e. The van der Waals surface area contributed by atoms with Gasteiger partial charge in [0.1, 0.15) is 0 Å². The average Bonchev–Trinajstić information content (AvgIpc) is 2.91. The van der Waals surface area contributed by atoms with E-state index in [2.05, 4.69) is 44.5 Å². The fraction of sp³-hybridized carbons (Fsp3) is 0.429. The molecule has 0 saturated carbocycles. The van der Waals surface area contributed by atoms with E-state index in [4.69, 9.17) is 5.11 Å². The number of aryl methyl sites for hydroxylation is 1. The molecule has 1 heterocycles. The van der Waals surface area contributed by atoms with Crippen LogP contribution >= 0.6 is 15.9 Å². The highest BCUT2D eigenvalue weighted by Crippen LogP contribution is 2.22. The van der Waals surface area contributed by atoms with Crippen molar-refractivity contribution in [2.45, 2.75) is 32.5 Å². The third kappa shape index (κ3) is 4.13. The fourth-order valence-electron chi connectivity index (χ4n) is 1.96. The molecule has 1 atom stereocenters. The second-order valence-electron chi connectivity index (χ2n) is 4.67. The van der Waals surface area contributed by atoms with Crippen molar-refractivity contribution >= 4 is 15.9 Å². The van der Waals surface area contributed by atoms with E-state index < -0.39 is 0 Å². The molecule has 5 nitrogen and oxygen atoms in total. The van der Waals surface area contributed by atoms with Crippen molar-refractivity contribution in [1.29, 1.82) is 0 Å². The lowest BCUT2D eigenvalue weighted by atomic mass is 10.1. The summed E-state index contributed by atoms with van der Waals surface area (Å²) in [6, 6.07) is 8.41. The molecule has 0 fully saturated rings. The van der Waals surface area contributed by atoms with Gasteiger partial charge in [-0.1, -0.05) is 39.3 Å². The number of rotatable bonds is 7. The first-order valence-corrected chi connectivity index (χ1v) is 7.47. The molecule has 0 amide bonds. The van der Waals surface area contributed by atoms with Crippen molar-refractivity contribution < 1.29 is 5.11 Å².